The zero-order valence-electron chi connectivity index (χ0n) is 23.6. The molecule has 1 aliphatic carbocycles. The van der Waals surface area contributed by atoms with E-state index in [1.165, 1.54) is 0 Å². The third-order valence-corrected chi connectivity index (χ3v) is 8.28. The Morgan fingerprint density at radius 2 is 1.37 bits per heavy atom. The topological polar surface area (TPSA) is 73.8 Å². The number of nitrogens with one attached hydrogen (secondary N) is 2. The van der Waals surface area contributed by atoms with Crippen LogP contribution in [-0.4, -0.2) is 48.1 Å². The molecule has 0 radical (unpaired) electrons. The van der Waals surface area contributed by atoms with Crippen molar-refractivity contribution in [1.82, 2.24) is 4.90 Å². The fourth-order valence-electron chi connectivity index (χ4n) is 6.03. The second-order valence-corrected chi connectivity index (χ2v) is 11.1. The third-order valence-electron chi connectivity index (χ3n) is 8.28. The molecule has 204 valence electrons. The molecule has 4 rings (SSSR count). The lowest BCUT2D eigenvalue weighted by atomic mass is 9.84. The largest absolute Gasteiger partial charge is 0.325 e. The van der Waals surface area contributed by atoms with Gasteiger partial charge in [0.1, 0.15) is 0 Å². The number of amides is 2. The van der Waals surface area contributed by atoms with Gasteiger partial charge in [-0.2, -0.15) is 0 Å². The van der Waals surface area contributed by atoms with Gasteiger partial charge in [-0.1, -0.05) is 55.7 Å². The Morgan fingerprint density at radius 3 is 2.00 bits per heavy atom. The van der Waals surface area contributed by atoms with Gasteiger partial charge in [0, 0.05) is 24.1 Å². The maximum absolute atomic E-state index is 13.2. The van der Waals surface area contributed by atoms with Gasteiger partial charge in [-0.25, -0.2) is 0 Å². The number of carbonyl (C=O) groups excluding carboxylic acids is 2. The Morgan fingerprint density at radius 1 is 0.816 bits per heavy atom. The van der Waals surface area contributed by atoms with Gasteiger partial charge in [0.25, 0.3) is 0 Å². The molecular formula is C32H44N4O2. The Bertz CT molecular complexity index is 1120. The van der Waals surface area contributed by atoms with Crippen LogP contribution in [0.15, 0.2) is 41.4 Å². The molecule has 2 aromatic carbocycles. The lowest BCUT2D eigenvalue weighted by molar-refractivity contribution is -0.122. The highest BCUT2D eigenvalue weighted by molar-refractivity contribution is 5.96. The fraction of sp³-hybridized carbons (Fsp3) is 0.531. The minimum atomic E-state index is -0.110. The molecule has 38 heavy (non-hydrogen) atoms. The van der Waals surface area contributed by atoms with E-state index >= 15 is 0 Å². The van der Waals surface area contributed by atoms with Crippen molar-refractivity contribution in [3.63, 3.8) is 0 Å². The first kappa shape index (κ1) is 28.0. The Hall–Kier alpha value is -2.99. The number of hydrogen-bond donors (Lipinski definition) is 2. The molecule has 1 aliphatic heterocycles. The lowest BCUT2D eigenvalue weighted by Gasteiger charge is -2.34. The van der Waals surface area contributed by atoms with E-state index in [2.05, 4.69) is 15.5 Å². The van der Waals surface area contributed by atoms with Crippen LogP contribution in [0.1, 0.15) is 73.6 Å². The van der Waals surface area contributed by atoms with Crippen LogP contribution in [0.2, 0.25) is 0 Å². The third kappa shape index (κ3) is 6.90. The van der Waals surface area contributed by atoms with Gasteiger partial charge in [-0.05, 0) is 88.6 Å². The SMILES string of the molecule is Cc1cccc(C)c1NC(=O)C1CCCCC1N=CCCN1CCCCC1C(=O)Nc1c(C)cccc1C. The van der Waals surface area contributed by atoms with Gasteiger partial charge >= 0.3 is 0 Å². The van der Waals surface area contributed by atoms with E-state index in [4.69, 9.17) is 4.99 Å². The number of hydrogen-bond acceptors (Lipinski definition) is 4. The van der Waals surface area contributed by atoms with Crippen LogP contribution in [0.25, 0.3) is 0 Å². The summed E-state index contributed by atoms with van der Waals surface area (Å²) in [5.74, 6) is 0.0861. The molecule has 1 heterocycles. The van der Waals surface area contributed by atoms with Gasteiger partial charge in [0.05, 0.1) is 18.0 Å². The molecule has 2 fully saturated rings. The number of likely N-dealkylation sites (tertiary alicyclic amines) is 1. The minimum Gasteiger partial charge on any atom is -0.325 e. The first-order valence-electron chi connectivity index (χ1n) is 14.3. The van der Waals surface area contributed by atoms with Crippen molar-refractivity contribution in [2.24, 2.45) is 10.9 Å². The monoisotopic (exact) mass is 516 g/mol. The average Bonchev–Trinajstić information content (AvgIpc) is 2.91. The maximum Gasteiger partial charge on any atom is 0.241 e. The van der Waals surface area contributed by atoms with E-state index in [1.54, 1.807) is 0 Å². The molecule has 1 saturated carbocycles. The number of para-hydroxylation sites is 2. The van der Waals surface area contributed by atoms with Crippen LogP contribution in [0.5, 0.6) is 0 Å². The average molecular weight is 517 g/mol. The highest BCUT2D eigenvalue weighted by Crippen LogP contribution is 2.30. The molecule has 1 saturated heterocycles. The Balaban J connectivity index is 1.34. The molecule has 2 N–H and O–H groups in total. The summed E-state index contributed by atoms with van der Waals surface area (Å²) >= 11 is 0. The summed E-state index contributed by atoms with van der Waals surface area (Å²) in [7, 11) is 0. The van der Waals surface area contributed by atoms with E-state index < -0.39 is 0 Å². The number of aliphatic imine (C=N–C) groups is 1. The van der Waals surface area contributed by atoms with E-state index in [9.17, 15) is 9.59 Å². The number of carbonyl (C=O) groups is 2. The molecule has 0 aromatic heterocycles. The standard InChI is InChI=1S/C32H44N4O2/c1-22-12-9-13-23(2)29(22)34-31(37)26-16-5-6-17-27(26)33-19-11-21-36-20-8-7-18-28(36)32(38)35-30-24(3)14-10-15-25(30)4/h9-10,12-15,19,26-28H,5-8,11,16-18,20-21H2,1-4H3,(H,34,37)(H,35,38). The summed E-state index contributed by atoms with van der Waals surface area (Å²) in [6, 6.07) is 12.1. The van der Waals surface area contributed by atoms with E-state index in [-0.39, 0.29) is 29.8 Å². The maximum atomic E-state index is 13.2. The predicted octanol–water partition coefficient (Wildman–Crippen LogP) is 6.37. The van der Waals surface area contributed by atoms with Crippen molar-refractivity contribution in [1.29, 1.82) is 0 Å². The van der Waals surface area contributed by atoms with Crippen molar-refractivity contribution in [2.75, 3.05) is 23.7 Å². The summed E-state index contributed by atoms with van der Waals surface area (Å²) < 4.78 is 0. The predicted molar refractivity (Wildman–Crippen MR) is 157 cm³/mol. The molecule has 2 aliphatic rings. The molecule has 3 atom stereocenters. The Labute approximate surface area is 228 Å². The van der Waals surface area contributed by atoms with E-state index in [1.807, 2.05) is 70.3 Å². The van der Waals surface area contributed by atoms with Crippen LogP contribution in [0.3, 0.4) is 0 Å². The van der Waals surface area contributed by atoms with Crippen LogP contribution < -0.4 is 10.6 Å². The molecule has 3 unspecified atom stereocenters. The second-order valence-electron chi connectivity index (χ2n) is 11.1. The Kier molecular flexibility index (Phi) is 9.73. The summed E-state index contributed by atoms with van der Waals surface area (Å²) in [6.07, 6.45) is 9.89. The molecule has 2 aromatic rings. The molecule has 6 nitrogen and oxygen atoms in total. The van der Waals surface area contributed by atoms with Gasteiger partial charge in [-0.15, -0.1) is 0 Å². The summed E-state index contributed by atoms with van der Waals surface area (Å²) in [4.78, 5) is 33.7. The van der Waals surface area contributed by atoms with Crippen molar-refractivity contribution in [2.45, 2.75) is 91.1 Å². The molecule has 0 spiro atoms. The van der Waals surface area contributed by atoms with Gasteiger partial charge in [0.2, 0.25) is 11.8 Å². The molecular weight excluding hydrogens is 472 g/mol. The van der Waals surface area contributed by atoms with Crippen LogP contribution in [0.4, 0.5) is 11.4 Å². The number of anilines is 2. The number of rotatable bonds is 8. The lowest BCUT2D eigenvalue weighted by Crippen LogP contribution is -2.47. The fourth-order valence-corrected chi connectivity index (χ4v) is 6.03. The van der Waals surface area contributed by atoms with Crippen LogP contribution in [0, 0.1) is 33.6 Å². The molecule has 6 heteroatoms. The number of nitrogens with zero attached hydrogens (tertiary/aromatic N) is 2. The van der Waals surface area contributed by atoms with Crippen LogP contribution >= 0.6 is 0 Å². The first-order chi connectivity index (χ1) is 18.3. The summed E-state index contributed by atoms with van der Waals surface area (Å²) in [6.45, 7) is 9.89. The summed E-state index contributed by atoms with van der Waals surface area (Å²) in [5.41, 5.74) is 6.24. The van der Waals surface area contributed by atoms with Gasteiger partial charge in [0.15, 0.2) is 0 Å². The second kappa shape index (κ2) is 13.2. The van der Waals surface area contributed by atoms with Gasteiger partial charge < -0.3 is 10.6 Å². The van der Waals surface area contributed by atoms with Crippen LogP contribution in [-0.2, 0) is 9.59 Å². The van der Waals surface area contributed by atoms with Crippen molar-refractivity contribution in [3.8, 4) is 0 Å². The van der Waals surface area contributed by atoms with Crippen molar-refractivity contribution >= 4 is 29.4 Å². The number of benzene rings is 2. The van der Waals surface area contributed by atoms with Gasteiger partial charge in [-0.3, -0.25) is 19.5 Å². The zero-order chi connectivity index (χ0) is 27.1. The quantitative estimate of drug-likeness (QED) is 0.400. The minimum absolute atomic E-state index is 0.0255. The van der Waals surface area contributed by atoms with Crippen molar-refractivity contribution < 1.29 is 9.59 Å². The zero-order valence-corrected chi connectivity index (χ0v) is 23.6. The first-order valence-corrected chi connectivity index (χ1v) is 14.3. The highest BCUT2D eigenvalue weighted by Gasteiger charge is 2.31. The molecule has 0 bridgehead atoms. The number of aryl methyl sites for hydroxylation is 4. The van der Waals surface area contributed by atoms with E-state index in [0.29, 0.717) is 0 Å². The highest BCUT2D eigenvalue weighted by atomic mass is 16.2. The van der Waals surface area contributed by atoms with E-state index in [0.717, 1.165) is 98.1 Å². The smallest absolute Gasteiger partial charge is 0.241 e. The number of piperidine rings is 1. The summed E-state index contributed by atoms with van der Waals surface area (Å²) in [5, 5.41) is 6.41. The normalized spacial score (nSPS) is 22.4. The van der Waals surface area contributed by atoms with Crippen molar-refractivity contribution in [3.05, 3.63) is 58.7 Å². The molecule has 2 amide bonds.